The average Bonchev–Trinajstić information content (AvgIpc) is 2.54. The number of rotatable bonds is 4. The normalized spacial score (nSPS) is 13.3. The molecule has 0 bridgehead atoms. The highest BCUT2D eigenvalue weighted by Crippen LogP contribution is 2.19. The van der Waals surface area contributed by atoms with Crippen molar-refractivity contribution in [3.63, 3.8) is 0 Å². The molecule has 4 nitrogen and oxygen atoms in total. The van der Waals surface area contributed by atoms with Crippen LogP contribution >= 0.6 is 11.6 Å². The molecule has 1 aromatic carbocycles. The Morgan fingerprint density at radius 3 is 2.45 bits per heavy atom. The number of benzene rings is 1. The third-order valence-electron chi connectivity index (χ3n) is 3.73. The number of urea groups is 1. The van der Waals surface area contributed by atoms with E-state index in [1.54, 1.807) is 18.1 Å². The number of halogens is 1. The molecule has 0 spiro atoms. The van der Waals surface area contributed by atoms with E-state index in [2.05, 4.69) is 10.3 Å². The van der Waals surface area contributed by atoms with Gasteiger partial charge in [0, 0.05) is 18.3 Å². The van der Waals surface area contributed by atoms with Gasteiger partial charge in [-0.15, -0.1) is 0 Å². The van der Waals surface area contributed by atoms with Crippen LogP contribution in [0.5, 0.6) is 0 Å². The number of amides is 2. The largest absolute Gasteiger partial charge is 0.331 e. The van der Waals surface area contributed by atoms with Crippen LogP contribution in [0.3, 0.4) is 0 Å². The molecule has 2 rings (SSSR count). The van der Waals surface area contributed by atoms with Crippen molar-refractivity contribution in [2.24, 2.45) is 0 Å². The van der Waals surface area contributed by atoms with Gasteiger partial charge in [0.1, 0.15) is 0 Å². The highest BCUT2D eigenvalue weighted by molar-refractivity contribution is 6.30. The van der Waals surface area contributed by atoms with Gasteiger partial charge in [-0.25, -0.2) is 4.79 Å². The van der Waals surface area contributed by atoms with E-state index >= 15 is 0 Å². The Morgan fingerprint density at radius 2 is 1.86 bits per heavy atom. The molecular formula is C17H20ClN3O. The number of pyridine rings is 1. The molecule has 2 amide bonds. The van der Waals surface area contributed by atoms with Crippen LogP contribution in [-0.2, 0) is 0 Å². The first-order valence-electron chi connectivity index (χ1n) is 7.18. The maximum atomic E-state index is 12.4. The van der Waals surface area contributed by atoms with Crippen LogP contribution in [0.25, 0.3) is 0 Å². The van der Waals surface area contributed by atoms with Crippen LogP contribution in [0.4, 0.5) is 4.79 Å². The zero-order valence-electron chi connectivity index (χ0n) is 13.0. The van der Waals surface area contributed by atoms with Crippen molar-refractivity contribution in [2.45, 2.75) is 25.9 Å². The molecule has 2 atom stereocenters. The van der Waals surface area contributed by atoms with Gasteiger partial charge in [0.05, 0.1) is 17.8 Å². The first-order valence-corrected chi connectivity index (χ1v) is 7.56. The first-order chi connectivity index (χ1) is 10.5. The van der Waals surface area contributed by atoms with Crippen LogP contribution in [0, 0.1) is 0 Å². The molecule has 1 aromatic heterocycles. The van der Waals surface area contributed by atoms with Gasteiger partial charge in [-0.1, -0.05) is 29.8 Å². The summed E-state index contributed by atoms with van der Waals surface area (Å²) in [6.45, 7) is 3.90. The molecule has 0 aliphatic rings. The van der Waals surface area contributed by atoms with Crippen LogP contribution < -0.4 is 5.32 Å². The van der Waals surface area contributed by atoms with Gasteiger partial charge in [0.25, 0.3) is 0 Å². The molecule has 0 saturated heterocycles. The molecular weight excluding hydrogens is 298 g/mol. The predicted octanol–water partition coefficient (Wildman–Crippen LogP) is 4.20. The van der Waals surface area contributed by atoms with Crippen molar-refractivity contribution in [3.05, 3.63) is 64.9 Å². The number of aromatic nitrogens is 1. The van der Waals surface area contributed by atoms with E-state index in [9.17, 15) is 4.79 Å². The topological polar surface area (TPSA) is 45.2 Å². The molecule has 0 saturated carbocycles. The maximum Gasteiger partial charge on any atom is 0.318 e. The van der Waals surface area contributed by atoms with E-state index in [4.69, 9.17) is 11.6 Å². The van der Waals surface area contributed by atoms with Crippen LogP contribution in [0.15, 0.2) is 48.7 Å². The molecule has 0 aliphatic heterocycles. The van der Waals surface area contributed by atoms with Crippen LogP contribution in [-0.4, -0.2) is 23.0 Å². The quantitative estimate of drug-likeness (QED) is 0.918. The van der Waals surface area contributed by atoms with E-state index in [-0.39, 0.29) is 18.1 Å². The molecule has 1 heterocycles. The van der Waals surface area contributed by atoms with Crippen molar-refractivity contribution in [3.8, 4) is 0 Å². The zero-order valence-corrected chi connectivity index (χ0v) is 13.7. The second-order valence-electron chi connectivity index (χ2n) is 5.26. The molecule has 116 valence electrons. The Balaban J connectivity index is 2.00. The molecule has 0 aliphatic carbocycles. The summed E-state index contributed by atoms with van der Waals surface area (Å²) in [5, 5.41) is 3.67. The Bertz CT molecular complexity index is 616. The highest BCUT2D eigenvalue weighted by atomic mass is 35.5. The lowest BCUT2D eigenvalue weighted by Gasteiger charge is -2.26. The molecule has 1 N–H and O–H groups in total. The number of hydrogen-bond donors (Lipinski definition) is 1. The Kier molecular flexibility index (Phi) is 5.39. The van der Waals surface area contributed by atoms with Crippen LogP contribution in [0.2, 0.25) is 5.02 Å². The number of hydrogen-bond acceptors (Lipinski definition) is 2. The van der Waals surface area contributed by atoms with Gasteiger partial charge in [-0.05, 0) is 43.7 Å². The average molecular weight is 318 g/mol. The van der Waals surface area contributed by atoms with Gasteiger partial charge in [-0.3, -0.25) is 4.98 Å². The summed E-state index contributed by atoms with van der Waals surface area (Å²) in [6, 6.07) is 12.8. The molecule has 2 aromatic rings. The van der Waals surface area contributed by atoms with Crippen molar-refractivity contribution in [2.75, 3.05) is 7.05 Å². The molecule has 0 radical (unpaired) electrons. The fourth-order valence-electron chi connectivity index (χ4n) is 2.12. The van der Waals surface area contributed by atoms with Crippen LogP contribution in [0.1, 0.15) is 37.2 Å². The Labute approximate surface area is 136 Å². The lowest BCUT2D eigenvalue weighted by molar-refractivity contribution is 0.190. The number of nitrogens with one attached hydrogen (secondary N) is 1. The summed E-state index contributed by atoms with van der Waals surface area (Å²) in [4.78, 5) is 18.3. The lowest BCUT2D eigenvalue weighted by atomic mass is 10.1. The van der Waals surface area contributed by atoms with Crippen molar-refractivity contribution < 1.29 is 4.79 Å². The van der Waals surface area contributed by atoms with Gasteiger partial charge in [0.15, 0.2) is 0 Å². The first kappa shape index (κ1) is 16.3. The standard InChI is InChI=1S/C17H20ClN3O/c1-12(14-7-9-15(18)10-8-14)20-17(22)21(3)13(2)16-6-4-5-11-19-16/h4-13H,1-3H3,(H,20,22). The SMILES string of the molecule is CC(NC(=O)N(C)C(C)c1ccccn1)c1ccc(Cl)cc1. The van der Waals surface area contributed by atoms with E-state index < -0.39 is 0 Å². The molecule has 2 unspecified atom stereocenters. The predicted molar refractivity (Wildman–Crippen MR) is 88.8 cm³/mol. The van der Waals surface area contributed by atoms with E-state index in [0.29, 0.717) is 5.02 Å². The fourth-order valence-corrected chi connectivity index (χ4v) is 2.25. The molecule has 22 heavy (non-hydrogen) atoms. The second-order valence-corrected chi connectivity index (χ2v) is 5.70. The van der Waals surface area contributed by atoms with Gasteiger partial charge >= 0.3 is 6.03 Å². The summed E-state index contributed by atoms with van der Waals surface area (Å²) >= 11 is 5.88. The summed E-state index contributed by atoms with van der Waals surface area (Å²) < 4.78 is 0. The second kappa shape index (κ2) is 7.27. The number of nitrogens with zero attached hydrogens (tertiary/aromatic N) is 2. The summed E-state index contributed by atoms with van der Waals surface area (Å²) in [5.41, 5.74) is 1.87. The summed E-state index contributed by atoms with van der Waals surface area (Å²) in [6.07, 6.45) is 1.73. The Morgan fingerprint density at radius 1 is 1.18 bits per heavy atom. The van der Waals surface area contributed by atoms with Crippen molar-refractivity contribution >= 4 is 17.6 Å². The van der Waals surface area contributed by atoms with Gasteiger partial charge < -0.3 is 10.2 Å². The minimum atomic E-state index is -0.138. The van der Waals surface area contributed by atoms with Gasteiger partial charge in [-0.2, -0.15) is 0 Å². The summed E-state index contributed by atoms with van der Waals surface area (Å²) in [7, 11) is 1.77. The smallest absolute Gasteiger partial charge is 0.318 e. The third kappa shape index (κ3) is 3.98. The molecule has 0 fully saturated rings. The van der Waals surface area contributed by atoms with E-state index in [1.807, 2.05) is 56.3 Å². The van der Waals surface area contributed by atoms with Crippen molar-refractivity contribution in [1.29, 1.82) is 0 Å². The lowest BCUT2D eigenvalue weighted by Crippen LogP contribution is -2.40. The zero-order chi connectivity index (χ0) is 16.1. The van der Waals surface area contributed by atoms with Crippen molar-refractivity contribution in [1.82, 2.24) is 15.2 Å². The fraction of sp³-hybridized carbons (Fsp3) is 0.294. The summed E-state index contributed by atoms with van der Waals surface area (Å²) in [5.74, 6) is 0. The number of carbonyl (C=O) groups is 1. The van der Waals surface area contributed by atoms with Gasteiger partial charge in [0.2, 0.25) is 0 Å². The monoisotopic (exact) mass is 317 g/mol. The molecule has 5 heteroatoms. The maximum absolute atomic E-state index is 12.4. The minimum Gasteiger partial charge on any atom is -0.331 e. The Hall–Kier alpha value is -2.07. The number of carbonyl (C=O) groups excluding carboxylic acids is 1. The minimum absolute atomic E-state index is 0.0943. The third-order valence-corrected chi connectivity index (χ3v) is 3.98. The van der Waals surface area contributed by atoms with E-state index in [0.717, 1.165) is 11.3 Å². The highest BCUT2D eigenvalue weighted by Gasteiger charge is 2.19. The van der Waals surface area contributed by atoms with E-state index in [1.165, 1.54) is 0 Å².